The molecule has 100 valence electrons. The van der Waals surface area contributed by atoms with E-state index in [1.54, 1.807) is 17.6 Å². The molecule has 0 saturated heterocycles. The number of hydrogen-bond donors (Lipinski definition) is 1. The van der Waals surface area contributed by atoms with Crippen molar-refractivity contribution in [3.8, 4) is 5.88 Å². The van der Waals surface area contributed by atoms with Gasteiger partial charge in [0.1, 0.15) is 0 Å². The van der Waals surface area contributed by atoms with Crippen LogP contribution in [0.4, 0.5) is 0 Å². The van der Waals surface area contributed by atoms with E-state index in [1.807, 2.05) is 29.5 Å². The molecular weight excluding hydrogens is 256 g/mol. The van der Waals surface area contributed by atoms with E-state index >= 15 is 0 Å². The fourth-order valence-electron chi connectivity index (χ4n) is 2.46. The van der Waals surface area contributed by atoms with Crippen LogP contribution in [-0.4, -0.2) is 12.1 Å². The quantitative estimate of drug-likeness (QED) is 0.910. The van der Waals surface area contributed by atoms with E-state index in [4.69, 9.17) is 4.74 Å². The maximum absolute atomic E-state index is 5.12. The average molecular weight is 274 g/mol. The van der Waals surface area contributed by atoms with Crippen molar-refractivity contribution in [1.29, 1.82) is 0 Å². The van der Waals surface area contributed by atoms with E-state index in [9.17, 15) is 0 Å². The van der Waals surface area contributed by atoms with Gasteiger partial charge in [-0.05, 0) is 37.0 Å². The molecule has 1 aliphatic rings. The second-order valence-electron chi connectivity index (χ2n) is 4.79. The molecule has 2 heterocycles. The summed E-state index contributed by atoms with van der Waals surface area (Å²) in [4.78, 5) is 7.42. The fourth-order valence-corrected chi connectivity index (χ4v) is 3.69. The average Bonchev–Trinajstić information content (AvgIpc) is 3.00. The summed E-state index contributed by atoms with van der Waals surface area (Å²) in [5.41, 5.74) is 2.59. The zero-order valence-corrected chi connectivity index (χ0v) is 11.9. The molecule has 0 bridgehead atoms. The van der Waals surface area contributed by atoms with E-state index in [0.717, 1.165) is 18.8 Å². The first-order valence-electron chi connectivity index (χ1n) is 6.66. The first kappa shape index (κ1) is 12.6. The normalized spacial score (nSPS) is 13.5. The van der Waals surface area contributed by atoms with Crippen molar-refractivity contribution in [1.82, 2.24) is 10.3 Å². The van der Waals surface area contributed by atoms with Crippen molar-refractivity contribution in [2.45, 2.75) is 32.4 Å². The highest BCUT2D eigenvalue weighted by atomic mass is 32.1. The molecule has 0 spiro atoms. The molecule has 2 aromatic rings. The van der Waals surface area contributed by atoms with Crippen LogP contribution in [-0.2, 0) is 25.9 Å². The Kier molecular flexibility index (Phi) is 3.80. The molecule has 0 unspecified atom stereocenters. The number of fused-ring (bicyclic) bond motifs is 1. The van der Waals surface area contributed by atoms with Gasteiger partial charge in [0.25, 0.3) is 0 Å². The maximum Gasteiger partial charge on any atom is 0.213 e. The molecule has 0 saturated carbocycles. The number of thiophene rings is 1. The number of aromatic nitrogens is 1. The highest BCUT2D eigenvalue weighted by molar-refractivity contribution is 7.12. The Balaban J connectivity index is 1.54. The van der Waals surface area contributed by atoms with Crippen LogP contribution in [0.2, 0.25) is 0 Å². The molecule has 0 radical (unpaired) electrons. The highest BCUT2D eigenvalue weighted by Crippen LogP contribution is 2.30. The van der Waals surface area contributed by atoms with Crippen molar-refractivity contribution < 1.29 is 4.74 Å². The summed E-state index contributed by atoms with van der Waals surface area (Å²) in [6, 6.07) is 8.22. The smallest absolute Gasteiger partial charge is 0.213 e. The first-order chi connectivity index (χ1) is 9.35. The number of rotatable bonds is 5. The maximum atomic E-state index is 5.12. The molecule has 0 atom stereocenters. The number of pyridine rings is 1. The molecule has 1 N–H and O–H groups in total. The zero-order valence-electron chi connectivity index (χ0n) is 11.1. The Labute approximate surface area is 117 Å². The molecule has 0 aromatic carbocycles. The number of aryl methyl sites for hydroxylation is 2. The minimum Gasteiger partial charge on any atom is -0.481 e. The third-order valence-electron chi connectivity index (χ3n) is 3.39. The van der Waals surface area contributed by atoms with Gasteiger partial charge in [0.05, 0.1) is 12.8 Å². The molecule has 0 fully saturated rings. The lowest BCUT2D eigenvalue weighted by Crippen LogP contribution is -2.13. The third kappa shape index (κ3) is 2.96. The number of hydrogen-bond acceptors (Lipinski definition) is 4. The van der Waals surface area contributed by atoms with E-state index in [2.05, 4.69) is 16.4 Å². The van der Waals surface area contributed by atoms with Gasteiger partial charge >= 0.3 is 0 Å². The summed E-state index contributed by atoms with van der Waals surface area (Å²) in [6.07, 6.45) is 3.88. The lowest BCUT2D eigenvalue weighted by molar-refractivity contribution is 0.395. The van der Waals surface area contributed by atoms with Gasteiger partial charge < -0.3 is 10.1 Å². The molecule has 3 rings (SSSR count). The second kappa shape index (κ2) is 5.72. The Morgan fingerprint density at radius 2 is 2.26 bits per heavy atom. The van der Waals surface area contributed by atoms with E-state index in [-0.39, 0.29) is 0 Å². The van der Waals surface area contributed by atoms with Gasteiger partial charge in [0, 0.05) is 28.9 Å². The predicted octanol–water partition coefficient (Wildman–Crippen LogP) is 2.93. The van der Waals surface area contributed by atoms with Crippen molar-refractivity contribution >= 4 is 11.3 Å². The minimum atomic E-state index is 0.675. The van der Waals surface area contributed by atoms with Crippen LogP contribution in [0.25, 0.3) is 0 Å². The Morgan fingerprint density at radius 3 is 3.11 bits per heavy atom. The van der Waals surface area contributed by atoms with Crippen LogP contribution < -0.4 is 10.1 Å². The molecule has 0 aliphatic heterocycles. The molecule has 19 heavy (non-hydrogen) atoms. The Bertz CT molecular complexity index is 544. The van der Waals surface area contributed by atoms with Crippen LogP contribution in [0.1, 0.15) is 27.4 Å². The summed E-state index contributed by atoms with van der Waals surface area (Å²) < 4.78 is 5.12. The van der Waals surface area contributed by atoms with Crippen molar-refractivity contribution in [2.75, 3.05) is 7.11 Å². The van der Waals surface area contributed by atoms with Crippen LogP contribution in [0.3, 0.4) is 0 Å². The number of ether oxygens (including phenoxy) is 1. The highest BCUT2D eigenvalue weighted by Gasteiger charge is 2.14. The third-order valence-corrected chi connectivity index (χ3v) is 4.63. The fraction of sp³-hybridized carbons (Fsp3) is 0.400. The van der Waals surface area contributed by atoms with Crippen molar-refractivity contribution in [3.05, 3.63) is 45.3 Å². The van der Waals surface area contributed by atoms with E-state index in [1.165, 1.54) is 24.1 Å². The van der Waals surface area contributed by atoms with Crippen LogP contribution in [0.15, 0.2) is 24.3 Å². The minimum absolute atomic E-state index is 0.675. The monoisotopic (exact) mass is 274 g/mol. The summed E-state index contributed by atoms with van der Waals surface area (Å²) in [6.45, 7) is 1.70. The van der Waals surface area contributed by atoms with Gasteiger partial charge in [-0.25, -0.2) is 4.98 Å². The van der Waals surface area contributed by atoms with E-state index in [0.29, 0.717) is 5.88 Å². The van der Waals surface area contributed by atoms with Gasteiger partial charge in [-0.1, -0.05) is 6.07 Å². The van der Waals surface area contributed by atoms with Crippen molar-refractivity contribution in [2.24, 2.45) is 0 Å². The number of nitrogens with one attached hydrogen (secondary N) is 1. The predicted molar refractivity (Wildman–Crippen MR) is 77.7 cm³/mol. The van der Waals surface area contributed by atoms with Crippen LogP contribution in [0.5, 0.6) is 5.88 Å². The lowest BCUT2D eigenvalue weighted by atomic mass is 10.2. The molecule has 0 amide bonds. The first-order valence-corrected chi connectivity index (χ1v) is 7.48. The van der Waals surface area contributed by atoms with Crippen LogP contribution >= 0.6 is 11.3 Å². The van der Waals surface area contributed by atoms with Gasteiger partial charge in [0.2, 0.25) is 5.88 Å². The summed E-state index contributed by atoms with van der Waals surface area (Å²) >= 11 is 1.96. The SMILES string of the molecule is COc1cccc(CNCc2cc3c(s2)CCC3)n1. The second-order valence-corrected chi connectivity index (χ2v) is 6.01. The molecule has 1 aliphatic carbocycles. The van der Waals surface area contributed by atoms with Gasteiger partial charge in [-0.2, -0.15) is 0 Å². The molecule has 3 nitrogen and oxygen atoms in total. The summed E-state index contributed by atoms with van der Waals surface area (Å²) in [5, 5.41) is 3.45. The summed E-state index contributed by atoms with van der Waals surface area (Å²) in [7, 11) is 1.65. The zero-order chi connectivity index (χ0) is 13.1. The standard InChI is InChI=1S/C15H18N2OS/c1-18-15-7-3-5-12(17-15)9-16-10-13-8-11-4-2-6-14(11)19-13/h3,5,7-8,16H,2,4,6,9-10H2,1H3. The molecule has 4 heteroatoms. The van der Waals surface area contributed by atoms with Crippen LogP contribution in [0, 0.1) is 0 Å². The lowest BCUT2D eigenvalue weighted by Gasteiger charge is -2.04. The van der Waals surface area contributed by atoms with Crippen molar-refractivity contribution in [3.63, 3.8) is 0 Å². The Hall–Kier alpha value is -1.39. The topological polar surface area (TPSA) is 34.1 Å². The number of nitrogens with zero attached hydrogens (tertiary/aromatic N) is 1. The van der Waals surface area contributed by atoms with E-state index < -0.39 is 0 Å². The van der Waals surface area contributed by atoms with Gasteiger partial charge in [0.15, 0.2) is 0 Å². The van der Waals surface area contributed by atoms with Gasteiger partial charge in [-0.3, -0.25) is 0 Å². The summed E-state index contributed by atoms with van der Waals surface area (Å²) in [5.74, 6) is 0.675. The number of methoxy groups -OCH3 is 1. The molecular formula is C15H18N2OS. The Morgan fingerprint density at radius 1 is 1.32 bits per heavy atom. The molecule has 2 aromatic heterocycles. The van der Waals surface area contributed by atoms with Gasteiger partial charge in [-0.15, -0.1) is 11.3 Å². The largest absolute Gasteiger partial charge is 0.481 e.